The number of nitrogens with one attached hydrogen (secondary N) is 1. The molecule has 0 saturated carbocycles. The van der Waals surface area contributed by atoms with Gasteiger partial charge < -0.3 is 9.84 Å². The van der Waals surface area contributed by atoms with Crippen molar-refractivity contribution >= 4 is 10.0 Å². The second-order valence-corrected chi connectivity index (χ2v) is 7.18. The molecule has 0 fully saturated rings. The Labute approximate surface area is 127 Å². The Kier molecular flexibility index (Phi) is 6.19. The van der Waals surface area contributed by atoms with Crippen molar-refractivity contribution in [1.82, 2.24) is 4.72 Å². The van der Waals surface area contributed by atoms with Gasteiger partial charge in [-0.2, -0.15) is 0 Å². The molecule has 0 aliphatic rings. The van der Waals surface area contributed by atoms with Crippen LogP contribution in [0.4, 0.5) is 0 Å². The van der Waals surface area contributed by atoms with Crippen molar-refractivity contribution in [2.45, 2.75) is 51.5 Å². The van der Waals surface area contributed by atoms with Gasteiger partial charge in [0.25, 0.3) is 0 Å². The second-order valence-electron chi connectivity index (χ2n) is 5.44. The van der Waals surface area contributed by atoms with Crippen LogP contribution in [-0.2, 0) is 10.0 Å². The molecule has 0 heterocycles. The minimum atomic E-state index is -3.72. The SMILES string of the molecule is CCOc1cc(C)c(C(C)C)cc1S(=O)(=O)NCC(C)O. The largest absolute Gasteiger partial charge is 0.492 e. The van der Waals surface area contributed by atoms with Crippen LogP contribution in [0.2, 0.25) is 0 Å². The van der Waals surface area contributed by atoms with Crippen molar-refractivity contribution in [3.05, 3.63) is 23.3 Å². The van der Waals surface area contributed by atoms with E-state index in [1.54, 1.807) is 12.1 Å². The van der Waals surface area contributed by atoms with Gasteiger partial charge in [0.2, 0.25) is 10.0 Å². The fraction of sp³-hybridized carbons (Fsp3) is 0.600. The zero-order valence-electron chi connectivity index (χ0n) is 13.3. The first kappa shape index (κ1) is 17.9. The highest BCUT2D eigenvalue weighted by Gasteiger charge is 2.22. The molecule has 1 rings (SSSR count). The van der Waals surface area contributed by atoms with Crippen LogP contribution in [0.1, 0.15) is 44.7 Å². The van der Waals surface area contributed by atoms with Crippen molar-refractivity contribution in [3.63, 3.8) is 0 Å². The summed E-state index contributed by atoms with van der Waals surface area (Å²) in [6.45, 7) is 9.67. The highest BCUT2D eigenvalue weighted by Crippen LogP contribution is 2.31. The summed E-state index contributed by atoms with van der Waals surface area (Å²) in [7, 11) is -3.72. The molecule has 0 aliphatic carbocycles. The van der Waals surface area contributed by atoms with Crippen LogP contribution in [-0.4, -0.2) is 32.8 Å². The Bertz CT molecular complexity index is 580. The number of ether oxygens (including phenoxy) is 1. The fourth-order valence-corrected chi connectivity index (χ4v) is 3.37. The molecule has 0 bridgehead atoms. The topological polar surface area (TPSA) is 75.6 Å². The number of hydrogen-bond donors (Lipinski definition) is 2. The van der Waals surface area contributed by atoms with Gasteiger partial charge in [-0.25, -0.2) is 13.1 Å². The predicted molar refractivity (Wildman–Crippen MR) is 83.3 cm³/mol. The van der Waals surface area contributed by atoms with E-state index >= 15 is 0 Å². The summed E-state index contributed by atoms with van der Waals surface area (Å²) in [6, 6.07) is 3.42. The molecule has 21 heavy (non-hydrogen) atoms. The number of sulfonamides is 1. The van der Waals surface area contributed by atoms with E-state index in [2.05, 4.69) is 4.72 Å². The molecule has 6 heteroatoms. The summed E-state index contributed by atoms with van der Waals surface area (Å²) >= 11 is 0. The maximum atomic E-state index is 12.4. The minimum Gasteiger partial charge on any atom is -0.492 e. The number of benzene rings is 1. The molecule has 5 nitrogen and oxygen atoms in total. The van der Waals surface area contributed by atoms with E-state index in [4.69, 9.17) is 4.74 Å². The predicted octanol–water partition coefficient (Wildman–Crippen LogP) is 2.18. The van der Waals surface area contributed by atoms with Crippen LogP contribution in [0.3, 0.4) is 0 Å². The van der Waals surface area contributed by atoms with Crippen LogP contribution in [0, 0.1) is 6.92 Å². The van der Waals surface area contributed by atoms with Gasteiger partial charge in [0.05, 0.1) is 12.7 Å². The van der Waals surface area contributed by atoms with E-state index in [0.717, 1.165) is 11.1 Å². The zero-order chi connectivity index (χ0) is 16.2. The molecule has 0 aromatic heterocycles. The van der Waals surface area contributed by atoms with Gasteiger partial charge in [-0.05, 0) is 49.9 Å². The molecule has 0 spiro atoms. The van der Waals surface area contributed by atoms with E-state index in [1.807, 2.05) is 27.7 Å². The van der Waals surface area contributed by atoms with E-state index in [-0.39, 0.29) is 17.4 Å². The molecule has 1 aromatic rings. The van der Waals surface area contributed by atoms with Gasteiger partial charge in [0.15, 0.2) is 0 Å². The third-order valence-electron chi connectivity index (χ3n) is 3.11. The lowest BCUT2D eigenvalue weighted by atomic mass is 9.98. The Morgan fingerprint density at radius 1 is 1.29 bits per heavy atom. The standard InChI is InChI=1S/C15H25NO4S/c1-6-20-14-7-11(4)13(10(2)3)8-15(14)21(18,19)16-9-12(5)17/h7-8,10,12,16-17H,6,9H2,1-5H3. The maximum Gasteiger partial charge on any atom is 0.244 e. The van der Waals surface area contributed by atoms with Gasteiger partial charge in [-0.1, -0.05) is 13.8 Å². The number of hydrogen-bond acceptors (Lipinski definition) is 4. The molecule has 0 aliphatic heterocycles. The van der Waals surface area contributed by atoms with Gasteiger partial charge >= 0.3 is 0 Å². The van der Waals surface area contributed by atoms with E-state index < -0.39 is 16.1 Å². The van der Waals surface area contributed by atoms with Crippen LogP contribution in [0.5, 0.6) is 5.75 Å². The zero-order valence-corrected chi connectivity index (χ0v) is 14.1. The first-order chi connectivity index (χ1) is 9.69. The Balaban J connectivity index is 3.33. The van der Waals surface area contributed by atoms with Gasteiger partial charge in [0, 0.05) is 6.54 Å². The molecule has 0 amide bonds. The Morgan fingerprint density at radius 3 is 2.38 bits per heavy atom. The minimum absolute atomic E-state index is 0.0290. The lowest BCUT2D eigenvalue weighted by molar-refractivity contribution is 0.198. The third kappa shape index (κ3) is 4.69. The number of aryl methyl sites for hydroxylation is 1. The van der Waals surface area contributed by atoms with Gasteiger partial charge in [0.1, 0.15) is 10.6 Å². The van der Waals surface area contributed by atoms with Crippen molar-refractivity contribution in [2.24, 2.45) is 0 Å². The summed E-state index contributed by atoms with van der Waals surface area (Å²) in [5, 5.41) is 9.26. The number of aliphatic hydroxyl groups is 1. The van der Waals surface area contributed by atoms with Crippen molar-refractivity contribution < 1.29 is 18.3 Å². The monoisotopic (exact) mass is 315 g/mol. The summed E-state index contributed by atoms with van der Waals surface area (Å²) in [4.78, 5) is 0.124. The molecule has 0 saturated heterocycles. The molecule has 1 aromatic carbocycles. The lowest BCUT2D eigenvalue weighted by Gasteiger charge is -2.17. The quantitative estimate of drug-likeness (QED) is 0.808. The first-order valence-corrected chi connectivity index (χ1v) is 8.62. The van der Waals surface area contributed by atoms with Crippen LogP contribution < -0.4 is 9.46 Å². The van der Waals surface area contributed by atoms with Crippen molar-refractivity contribution in [3.8, 4) is 5.75 Å². The molecule has 1 unspecified atom stereocenters. The number of rotatable bonds is 7. The summed E-state index contributed by atoms with van der Waals surface area (Å²) in [5.41, 5.74) is 1.97. The summed E-state index contributed by atoms with van der Waals surface area (Å²) in [5.74, 6) is 0.559. The summed E-state index contributed by atoms with van der Waals surface area (Å²) in [6.07, 6.45) is -0.745. The van der Waals surface area contributed by atoms with Crippen LogP contribution in [0.15, 0.2) is 17.0 Å². The molecular formula is C15H25NO4S. The molecule has 1 atom stereocenters. The highest BCUT2D eigenvalue weighted by molar-refractivity contribution is 7.89. The Morgan fingerprint density at radius 2 is 1.90 bits per heavy atom. The molecular weight excluding hydrogens is 290 g/mol. The first-order valence-electron chi connectivity index (χ1n) is 7.14. The van der Waals surface area contributed by atoms with Gasteiger partial charge in [-0.3, -0.25) is 0 Å². The fourth-order valence-electron chi connectivity index (χ4n) is 2.09. The molecule has 2 N–H and O–H groups in total. The third-order valence-corrected chi connectivity index (χ3v) is 4.56. The summed E-state index contributed by atoms with van der Waals surface area (Å²) < 4.78 is 32.7. The van der Waals surface area contributed by atoms with Crippen molar-refractivity contribution in [1.29, 1.82) is 0 Å². The maximum absolute atomic E-state index is 12.4. The number of aliphatic hydroxyl groups excluding tert-OH is 1. The van der Waals surface area contributed by atoms with Crippen LogP contribution >= 0.6 is 0 Å². The average Bonchev–Trinajstić information content (AvgIpc) is 2.36. The highest BCUT2D eigenvalue weighted by atomic mass is 32.2. The lowest BCUT2D eigenvalue weighted by Crippen LogP contribution is -2.31. The van der Waals surface area contributed by atoms with Crippen LogP contribution in [0.25, 0.3) is 0 Å². The van der Waals surface area contributed by atoms with E-state index in [1.165, 1.54) is 6.92 Å². The normalized spacial score (nSPS) is 13.5. The average molecular weight is 315 g/mol. The molecule has 0 radical (unpaired) electrons. The van der Waals surface area contributed by atoms with Gasteiger partial charge in [-0.15, -0.1) is 0 Å². The van der Waals surface area contributed by atoms with Crippen molar-refractivity contribution in [2.75, 3.05) is 13.2 Å². The molecule has 120 valence electrons. The Hall–Kier alpha value is -1.11. The van der Waals surface area contributed by atoms with E-state index in [9.17, 15) is 13.5 Å². The smallest absolute Gasteiger partial charge is 0.244 e. The van der Waals surface area contributed by atoms with E-state index in [0.29, 0.717) is 12.4 Å². The second kappa shape index (κ2) is 7.24.